The van der Waals surface area contributed by atoms with E-state index in [-0.39, 0.29) is 11.9 Å². The summed E-state index contributed by atoms with van der Waals surface area (Å²) in [6.45, 7) is 4.89. The fraction of sp³-hybridized carbons (Fsp3) is 0.929. The smallest absolute Gasteiger partial charge is 0.242 e. The molecule has 0 aromatic carbocycles. The highest BCUT2D eigenvalue weighted by molar-refractivity contribution is 7.88. The molecule has 0 aromatic rings. The predicted octanol–water partition coefficient (Wildman–Crippen LogP) is 0.824. The molecular formula is C14H29N3O3S. The van der Waals surface area contributed by atoms with E-state index in [1.807, 2.05) is 11.8 Å². The van der Waals surface area contributed by atoms with Crippen LogP contribution in [-0.2, 0) is 14.8 Å². The van der Waals surface area contributed by atoms with E-state index in [4.69, 9.17) is 5.73 Å². The first-order chi connectivity index (χ1) is 9.67. The Bertz CT molecular complexity index is 448. The van der Waals surface area contributed by atoms with Crippen LogP contribution < -0.4 is 10.5 Å². The second-order valence-corrected chi connectivity index (χ2v) is 8.10. The van der Waals surface area contributed by atoms with E-state index in [1.54, 1.807) is 6.92 Å². The molecule has 0 aromatic heterocycles. The third-order valence-corrected chi connectivity index (χ3v) is 4.72. The molecule has 1 aliphatic rings. The van der Waals surface area contributed by atoms with Gasteiger partial charge in [0.2, 0.25) is 15.9 Å². The van der Waals surface area contributed by atoms with Crippen LogP contribution in [-0.4, -0.2) is 50.2 Å². The van der Waals surface area contributed by atoms with Crippen molar-refractivity contribution in [2.24, 2.45) is 5.73 Å². The van der Waals surface area contributed by atoms with Crippen LogP contribution in [0.1, 0.15) is 52.4 Å². The highest BCUT2D eigenvalue weighted by Crippen LogP contribution is 2.23. The highest BCUT2D eigenvalue weighted by Gasteiger charge is 2.36. The molecule has 3 N–H and O–H groups in total. The lowest BCUT2D eigenvalue weighted by molar-refractivity contribution is -0.140. The number of amides is 1. The van der Waals surface area contributed by atoms with Crippen molar-refractivity contribution in [2.75, 3.05) is 19.3 Å². The molecule has 0 radical (unpaired) electrons. The highest BCUT2D eigenvalue weighted by atomic mass is 32.2. The van der Waals surface area contributed by atoms with Gasteiger partial charge < -0.3 is 10.6 Å². The van der Waals surface area contributed by atoms with Gasteiger partial charge in [-0.05, 0) is 39.0 Å². The lowest BCUT2D eigenvalue weighted by Crippen LogP contribution is -2.57. The van der Waals surface area contributed by atoms with Gasteiger partial charge in [-0.1, -0.05) is 13.3 Å². The van der Waals surface area contributed by atoms with Crippen molar-refractivity contribution in [3.63, 3.8) is 0 Å². The number of nitrogens with one attached hydrogen (secondary N) is 1. The molecule has 124 valence electrons. The van der Waals surface area contributed by atoms with E-state index in [0.29, 0.717) is 19.4 Å². The molecule has 1 saturated heterocycles. The molecule has 2 unspecified atom stereocenters. The fourth-order valence-electron chi connectivity index (χ4n) is 2.93. The van der Waals surface area contributed by atoms with Gasteiger partial charge in [-0.2, -0.15) is 0 Å². The zero-order chi connectivity index (χ0) is 16.1. The summed E-state index contributed by atoms with van der Waals surface area (Å²) in [5.74, 6) is -0.00611. The zero-order valence-electron chi connectivity index (χ0n) is 13.4. The maximum Gasteiger partial charge on any atom is 0.242 e. The molecule has 0 saturated carbocycles. The van der Waals surface area contributed by atoms with Crippen LogP contribution in [0.25, 0.3) is 0 Å². The maximum absolute atomic E-state index is 12.6. The Hall–Kier alpha value is -0.660. The number of piperidine rings is 1. The number of hydrogen-bond acceptors (Lipinski definition) is 4. The number of carbonyl (C=O) groups excluding carboxylic acids is 1. The predicted molar refractivity (Wildman–Crippen MR) is 84.3 cm³/mol. The van der Waals surface area contributed by atoms with Crippen molar-refractivity contribution in [2.45, 2.75) is 64.0 Å². The molecule has 21 heavy (non-hydrogen) atoms. The molecule has 1 amide bonds. The molecule has 1 rings (SSSR count). The van der Waals surface area contributed by atoms with Crippen LogP contribution in [0.4, 0.5) is 0 Å². The Morgan fingerprint density at radius 2 is 2.10 bits per heavy atom. The number of sulfonamides is 1. The van der Waals surface area contributed by atoms with Gasteiger partial charge in [0.1, 0.15) is 0 Å². The van der Waals surface area contributed by atoms with Gasteiger partial charge in [-0.25, -0.2) is 13.1 Å². The van der Waals surface area contributed by atoms with Gasteiger partial charge >= 0.3 is 0 Å². The first-order valence-corrected chi connectivity index (χ1v) is 9.61. The molecule has 7 heteroatoms. The van der Waals surface area contributed by atoms with Gasteiger partial charge in [0, 0.05) is 19.1 Å². The Balaban J connectivity index is 2.66. The van der Waals surface area contributed by atoms with Crippen LogP contribution in [0, 0.1) is 0 Å². The van der Waals surface area contributed by atoms with E-state index in [9.17, 15) is 13.2 Å². The summed E-state index contributed by atoms with van der Waals surface area (Å²) in [6, 6.07) is 0.0835. The maximum atomic E-state index is 12.6. The number of hydrogen-bond donors (Lipinski definition) is 2. The van der Waals surface area contributed by atoms with E-state index >= 15 is 0 Å². The second kappa shape index (κ2) is 7.56. The average Bonchev–Trinajstić information content (AvgIpc) is 2.37. The van der Waals surface area contributed by atoms with Crippen molar-refractivity contribution >= 4 is 15.9 Å². The minimum absolute atomic E-state index is 0.00611. The van der Waals surface area contributed by atoms with E-state index < -0.39 is 15.6 Å². The topological polar surface area (TPSA) is 92.5 Å². The molecule has 0 spiro atoms. The van der Waals surface area contributed by atoms with Crippen molar-refractivity contribution in [3.8, 4) is 0 Å². The lowest BCUT2D eigenvalue weighted by atomic mass is 9.91. The monoisotopic (exact) mass is 319 g/mol. The third kappa shape index (κ3) is 5.92. The van der Waals surface area contributed by atoms with Gasteiger partial charge in [-0.15, -0.1) is 0 Å². The summed E-state index contributed by atoms with van der Waals surface area (Å²) in [5, 5.41) is 0. The van der Waals surface area contributed by atoms with Gasteiger partial charge in [0.15, 0.2) is 0 Å². The van der Waals surface area contributed by atoms with Crippen LogP contribution in [0.5, 0.6) is 0 Å². The Morgan fingerprint density at radius 1 is 1.43 bits per heavy atom. The summed E-state index contributed by atoms with van der Waals surface area (Å²) in [4.78, 5) is 14.5. The van der Waals surface area contributed by atoms with Crippen molar-refractivity contribution < 1.29 is 13.2 Å². The standard InChI is InChI=1S/C14H29N3O3S/c1-4-9-14(2,15)13(18)17-11-6-5-7-12(17)8-10-16-21(3,19)20/h12,16H,4-11,15H2,1-3H3. The molecule has 2 atom stereocenters. The first-order valence-electron chi connectivity index (χ1n) is 7.72. The van der Waals surface area contributed by atoms with Crippen molar-refractivity contribution in [3.05, 3.63) is 0 Å². The molecule has 1 aliphatic heterocycles. The second-order valence-electron chi connectivity index (χ2n) is 6.27. The molecule has 0 bridgehead atoms. The van der Waals surface area contributed by atoms with Crippen LogP contribution >= 0.6 is 0 Å². The summed E-state index contributed by atoms with van der Waals surface area (Å²) in [5.41, 5.74) is 5.33. The van der Waals surface area contributed by atoms with Crippen molar-refractivity contribution in [1.82, 2.24) is 9.62 Å². The van der Waals surface area contributed by atoms with E-state index in [2.05, 4.69) is 4.72 Å². The Kier molecular flexibility index (Phi) is 6.62. The average molecular weight is 319 g/mol. The molecule has 0 aliphatic carbocycles. The van der Waals surface area contributed by atoms with Crippen LogP contribution in [0.15, 0.2) is 0 Å². The molecule has 1 heterocycles. The minimum Gasteiger partial charge on any atom is -0.338 e. The van der Waals surface area contributed by atoms with Gasteiger partial charge in [0.25, 0.3) is 0 Å². The quantitative estimate of drug-likeness (QED) is 0.727. The van der Waals surface area contributed by atoms with Crippen LogP contribution in [0.3, 0.4) is 0 Å². The number of nitrogens with zero attached hydrogens (tertiary/aromatic N) is 1. The van der Waals surface area contributed by atoms with Gasteiger partial charge in [0.05, 0.1) is 11.8 Å². The number of rotatable bonds is 7. The third-order valence-electron chi connectivity index (χ3n) is 3.99. The Morgan fingerprint density at radius 3 is 2.67 bits per heavy atom. The molecule has 6 nitrogen and oxygen atoms in total. The van der Waals surface area contributed by atoms with Crippen molar-refractivity contribution in [1.29, 1.82) is 0 Å². The summed E-state index contributed by atoms with van der Waals surface area (Å²) >= 11 is 0. The summed E-state index contributed by atoms with van der Waals surface area (Å²) < 4.78 is 24.7. The van der Waals surface area contributed by atoms with E-state index in [0.717, 1.165) is 38.5 Å². The SMILES string of the molecule is CCCC(C)(N)C(=O)N1CCCCC1CCNS(C)(=O)=O. The van der Waals surface area contributed by atoms with Gasteiger partial charge in [-0.3, -0.25) is 4.79 Å². The normalized spacial score (nSPS) is 22.9. The minimum atomic E-state index is -3.18. The zero-order valence-corrected chi connectivity index (χ0v) is 14.2. The van der Waals surface area contributed by atoms with E-state index in [1.165, 1.54) is 0 Å². The number of carbonyl (C=O) groups is 1. The largest absolute Gasteiger partial charge is 0.338 e. The molecular weight excluding hydrogens is 290 g/mol. The Labute approximate surface area is 128 Å². The first kappa shape index (κ1) is 18.4. The summed E-state index contributed by atoms with van der Waals surface area (Å²) in [7, 11) is -3.18. The molecule has 1 fully saturated rings. The summed E-state index contributed by atoms with van der Waals surface area (Å²) in [6.07, 6.45) is 6.30. The van der Waals surface area contributed by atoms with Crippen LogP contribution in [0.2, 0.25) is 0 Å². The number of nitrogens with two attached hydrogens (primary N) is 1. The lowest BCUT2D eigenvalue weighted by Gasteiger charge is -2.40. The number of likely N-dealkylation sites (tertiary alicyclic amines) is 1. The fourth-order valence-corrected chi connectivity index (χ4v) is 3.42.